The molecule has 5 atom stereocenters. The van der Waals surface area contributed by atoms with Crippen LogP contribution in [0.4, 0.5) is 4.79 Å². The number of likely N-dealkylation sites (tertiary alicyclic amines) is 1. The summed E-state index contributed by atoms with van der Waals surface area (Å²) < 4.78 is 29.3. The average molecular weight is 761 g/mol. The predicted molar refractivity (Wildman–Crippen MR) is 201 cm³/mol. The fourth-order valence-corrected chi connectivity index (χ4v) is 11.8. The minimum atomic E-state index is -3.69. The largest absolute Gasteiger partial charge is 0.347 e. The number of piperidine rings is 1. The number of hydrogen-bond donors (Lipinski definition) is 4. The van der Waals surface area contributed by atoms with E-state index in [4.69, 9.17) is 0 Å². The Bertz CT molecular complexity index is 1550. The number of amides is 5. The lowest BCUT2D eigenvalue weighted by atomic mass is 9.83. The molecule has 1 aliphatic heterocycles. The number of nitrogens with one attached hydrogen (secondary N) is 4. The molecule has 53 heavy (non-hydrogen) atoms. The number of fused-ring (bicyclic) bond motifs is 1. The van der Waals surface area contributed by atoms with Gasteiger partial charge in [0.1, 0.15) is 12.1 Å². The molecule has 1 saturated heterocycles. The second-order valence-corrected chi connectivity index (χ2v) is 21.1. The number of carbonyl (C=O) groups is 5. The summed E-state index contributed by atoms with van der Waals surface area (Å²) >= 11 is 0. The summed E-state index contributed by atoms with van der Waals surface area (Å²) in [4.78, 5) is 70.6. The van der Waals surface area contributed by atoms with E-state index in [0.717, 1.165) is 64.2 Å². The Hall–Kier alpha value is -2.74. The van der Waals surface area contributed by atoms with E-state index in [-0.39, 0.29) is 41.1 Å². The van der Waals surface area contributed by atoms with Crippen molar-refractivity contribution in [3.8, 4) is 0 Å². The molecule has 4 N–H and O–H groups in total. The first-order valence-electron chi connectivity index (χ1n) is 20.3. The minimum absolute atomic E-state index is 0.00523. The Labute approximate surface area is 316 Å². The van der Waals surface area contributed by atoms with E-state index in [1.54, 1.807) is 9.21 Å². The van der Waals surface area contributed by atoms with Crippen molar-refractivity contribution in [3.05, 3.63) is 0 Å². The normalized spacial score (nSPS) is 27.4. The lowest BCUT2D eigenvalue weighted by molar-refractivity contribution is -0.145. The van der Waals surface area contributed by atoms with E-state index in [2.05, 4.69) is 35.1 Å². The van der Waals surface area contributed by atoms with Crippen molar-refractivity contribution in [1.29, 1.82) is 0 Å². The maximum Gasteiger partial charge on any atom is 0.315 e. The highest BCUT2D eigenvalue weighted by atomic mass is 32.2. The van der Waals surface area contributed by atoms with Crippen LogP contribution in [-0.2, 0) is 29.2 Å². The summed E-state index contributed by atoms with van der Waals surface area (Å²) in [6.45, 7) is 13.8. The first-order valence-corrected chi connectivity index (χ1v) is 21.9. The maximum absolute atomic E-state index is 14.6. The molecule has 0 unspecified atom stereocenters. The zero-order chi connectivity index (χ0) is 38.7. The van der Waals surface area contributed by atoms with Crippen LogP contribution in [0.5, 0.6) is 0 Å². The Morgan fingerprint density at radius 1 is 0.906 bits per heavy atom. The van der Waals surface area contributed by atoms with Crippen LogP contribution >= 0.6 is 0 Å². The highest BCUT2D eigenvalue weighted by Crippen LogP contribution is 2.65. The molecule has 1 heterocycles. The van der Waals surface area contributed by atoms with Crippen LogP contribution in [0, 0.1) is 28.6 Å². The summed E-state index contributed by atoms with van der Waals surface area (Å²) in [6.07, 6.45) is 10.2. The topological polar surface area (TPSA) is 174 Å². The van der Waals surface area contributed by atoms with Crippen molar-refractivity contribution in [2.75, 3.05) is 12.3 Å². The molecule has 6 fully saturated rings. The van der Waals surface area contributed by atoms with E-state index in [1.165, 1.54) is 0 Å². The maximum atomic E-state index is 14.6. The highest BCUT2D eigenvalue weighted by molar-refractivity contribution is 7.89. The van der Waals surface area contributed by atoms with Gasteiger partial charge in [0.05, 0.1) is 17.3 Å². The number of carbonyl (C=O) groups excluding carboxylic acids is 5. The molecule has 6 rings (SSSR count). The predicted octanol–water partition coefficient (Wildman–Crippen LogP) is 3.61. The number of nitrogens with zero attached hydrogens (tertiary/aromatic N) is 2. The molecule has 5 aliphatic carbocycles. The average Bonchev–Trinajstić information content (AvgIpc) is 3.85. The fraction of sp³-hybridized carbons (Fsp3) is 0.872. The molecule has 0 spiro atoms. The first-order chi connectivity index (χ1) is 24.7. The van der Waals surface area contributed by atoms with Crippen LogP contribution in [0.1, 0.15) is 132 Å². The van der Waals surface area contributed by atoms with Gasteiger partial charge in [-0.2, -0.15) is 4.31 Å². The van der Waals surface area contributed by atoms with Crippen LogP contribution in [0.25, 0.3) is 0 Å². The minimum Gasteiger partial charge on any atom is -0.347 e. The fourth-order valence-electron chi connectivity index (χ4n) is 9.27. The van der Waals surface area contributed by atoms with E-state index in [1.807, 2.05) is 34.6 Å². The standard InChI is InChI=1S/C39H64N6O7S/c1-23(2)45(26-16-17-26)53(51,52)22-39(19-9-8-10-20-39)43-36(50)42-32(37(3,4)5)35(49)44-21-27-29(38(27,6)7)30(44)33(47)41-28(18-13-24-11-12-24)31(46)34(48)40-25-14-15-25/h23-30,32H,8-22H2,1-7H3,(H,40,48)(H,41,47)(H2,42,43,50)/t27-,28-,29-,30-,32+/m0/s1. The summed E-state index contributed by atoms with van der Waals surface area (Å²) in [5, 5.41) is 11.7. The van der Waals surface area contributed by atoms with Gasteiger partial charge in [0.2, 0.25) is 27.6 Å². The summed E-state index contributed by atoms with van der Waals surface area (Å²) in [6, 6.07) is -3.63. The van der Waals surface area contributed by atoms with Crippen molar-refractivity contribution in [2.24, 2.45) is 28.6 Å². The smallest absolute Gasteiger partial charge is 0.315 e. The van der Waals surface area contributed by atoms with E-state index < -0.39 is 68.6 Å². The summed E-state index contributed by atoms with van der Waals surface area (Å²) in [5.74, 6) is -1.92. The summed E-state index contributed by atoms with van der Waals surface area (Å²) in [5.41, 5.74) is -1.92. The van der Waals surface area contributed by atoms with Crippen molar-refractivity contribution in [2.45, 2.75) is 174 Å². The van der Waals surface area contributed by atoms with Gasteiger partial charge in [-0.05, 0) is 93.8 Å². The van der Waals surface area contributed by atoms with Gasteiger partial charge in [0, 0.05) is 24.7 Å². The lowest BCUT2D eigenvalue weighted by Gasteiger charge is -2.41. The molecule has 0 bridgehead atoms. The van der Waals surface area contributed by atoms with E-state index in [0.29, 0.717) is 31.7 Å². The molecule has 13 nitrogen and oxygen atoms in total. The van der Waals surface area contributed by atoms with Gasteiger partial charge < -0.3 is 26.2 Å². The van der Waals surface area contributed by atoms with Crippen LogP contribution in [0.3, 0.4) is 0 Å². The van der Waals surface area contributed by atoms with Crippen molar-refractivity contribution in [1.82, 2.24) is 30.5 Å². The zero-order valence-electron chi connectivity index (χ0n) is 33.0. The molecule has 5 saturated carbocycles. The third-order valence-corrected chi connectivity index (χ3v) is 15.1. The second kappa shape index (κ2) is 14.7. The number of hydrogen-bond acceptors (Lipinski definition) is 7. The van der Waals surface area contributed by atoms with Crippen LogP contribution in [0.15, 0.2) is 0 Å². The van der Waals surface area contributed by atoms with Crippen molar-refractivity contribution < 1.29 is 32.4 Å². The molecule has 298 valence electrons. The molecule has 14 heteroatoms. The van der Waals surface area contributed by atoms with E-state index >= 15 is 0 Å². The third-order valence-electron chi connectivity index (χ3n) is 12.9. The van der Waals surface area contributed by atoms with Crippen LogP contribution in [0.2, 0.25) is 0 Å². The Morgan fingerprint density at radius 3 is 2.09 bits per heavy atom. The highest BCUT2D eigenvalue weighted by Gasteiger charge is 2.70. The Morgan fingerprint density at radius 2 is 1.55 bits per heavy atom. The number of sulfonamides is 1. The molecule has 5 amide bonds. The molecule has 6 aliphatic rings. The zero-order valence-corrected chi connectivity index (χ0v) is 33.8. The van der Waals surface area contributed by atoms with Gasteiger partial charge in [-0.15, -0.1) is 0 Å². The van der Waals surface area contributed by atoms with Gasteiger partial charge in [0.25, 0.3) is 5.91 Å². The van der Waals surface area contributed by atoms with Gasteiger partial charge in [0.15, 0.2) is 0 Å². The van der Waals surface area contributed by atoms with Crippen molar-refractivity contribution >= 4 is 39.6 Å². The third kappa shape index (κ3) is 9.05. The number of Topliss-reactive ketones (excluding diaryl/α,β-unsaturated/α-hetero) is 1. The molecule has 0 aromatic carbocycles. The number of rotatable bonds is 16. The van der Waals surface area contributed by atoms with Gasteiger partial charge in [-0.25, -0.2) is 13.2 Å². The molecule has 0 radical (unpaired) electrons. The van der Waals surface area contributed by atoms with Crippen LogP contribution in [-0.4, -0.2) is 101 Å². The molecule has 0 aromatic rings. The van der Waals surface area contributed by atoms with Crippen LogP contribution < -0.4 is 21.3 Å². The molecular weight excluding hydrogens is 697 g/mol. The Kier molecular flexibility index (Phi) is 11.1. The SMILES string of the molecule is CC(C)N(C1CC1)S(=O)(=O)CC1(NC(=O)N[C@H](C(=O)N2C[C@H]3[C@@H]([C@H]2C(=O)N[C@@H](CCC2CC2)C(=O)C(=O)NC2CC2)C3(C)C)C(C)(C)C)CCCCC1. The Balaban J connectivity index is 1.18. The molecule has 0 aromatic heterocycles. The second-order valence-electron chi connectivity index (χ2n) is 19.2. The first kappa shape index (κ1) is 39.9. The summed E-state index contributed by atoms with van der Waals surface area (Å²) in [7, 11) is -3.69. The van der Waals surface area contributed by atoms with E-state index in [9.17, 15) is 32.4 Å². The van der Waals surface area contributed by atoms with Crippen molar-refractivity contribution in [3.63, 3.8) is 0 Å². The van der Waals surface area contributed by atoms with Gasteiger partial charge in [-0.1, -0.05) is 66.7 Å². The lowest BCUT2D eigenvalue weighted by Crippen LogP contribution is -2.64. The number of urea groups is 1. The van der Waals surface area contributed by atoms with Gasteiger partial charge in [-0.3, -0.25) is 19.2 Å². The van der Waals surface area contributed by atoms with Gasteiger partial charge >= 0.3 is 6.03 Å². The monoisotopic (exact) mass is 760 g/mol. The quantitative estimate of drug-likeness (QED) is 0.174. The molecular formula is C39H64N6O7S. The number of ketones is 1.